The van der Waals surface area contributed by atoms with E-state index in [-0.39, 0.29) is 17.3 Å². The van der Waals surface area contributed by atoms with Gasteiger partial charge in [0.25, 0.3) is 9.05 Å². The highest BCUT2D eigenvalue weighted by molar-refractivity contribution is 9.10. The van der Waals surface area contributed by atoms with Gasteiger partial charge in [0.15, 0.2) is 0 Å². The van der Waals surface area contributed by atoms with Gasteiger partial charge in [-0.05, 0) is 30.7 Å². The fourth-order valence-electron chi connectivity index (χ4n) is 0.993. The summed E-state index contributed by atoms with van der Waals surface area (Å²) >= 11 is 3.17. The van der Waals surface area contributed by atoms with Gasteiger partial charge in [-0.3, -0.25) is 0 Å². The Kier molecular flexibility index (Phi) is 4.41. The fraction of sp³-hybridized carbons (Fsp3) is 0.200. The topological polar surface area (TPSA) is 43.4 Å². The minimum Gasteiger partial charge on any atom is -0.488 e. The van der Waals surface area contributed by atoms with Crippen molar-refractivity contribution in [1.29, 1.82) is 0 Å². The van der Waals surface area contributed by atoms with Crippen molar-refractivity contribution in [2.75, 3.05) is 6.61 Å². The Balaban J connectivity index is 3.13. The van der Waals surface area contributed by atoms with Crippen LogP contribution >= 0.6 is 26.6 Å². The van der Waals surface area contributed by atoms with Crippen LogP contribution in [-0.2, 0) is 9.05 Å². The van der Waals surface area contributed by atoms with Crippen molar-refractivity contribution >= 4 is 35.7 Å². The van der Waals surface area contributed by atoms with Crippen molar-refractivity contribution in [2.24, 2.45) is 0 Å². The molecule has 0 fully saturated rings. The molecule has 0 heterocycles. The zero-order valence-corrected chi connectivity index (χ0v) is 11.7. The molecule has 1 rings (SSSR count). The molecule has 0 spiro atoms. The van der Waals surface area contributed by atoms with Gasteiger partial charge in [-0.15, -0.1) is 0 Å². The number of benzene rings is 1. The lowest BCUT2D eigenvalue weighted by atomic mass is 10.3. The Morgan fingerprint density at radius 3 is 2.69 bits per heavy atom. The van der Waals surface area contributed by atoms with E-state index in [1.807, 2.05) is 0 Å². The molecule has 3 nitrogen and oxygen atoms in total. The van der Waals surface area contributed by atoms with E-state index in [0.29, 0.717) is 4.47 Å². The molecular formula is C10H10BrClO3S. The van der Waals surface area contributed by atoms with Gasteiger partial charge in [-0.25, -0.2) is 8.42 Å². The standard InChI is InChI=1S/C10H10BrClO3S/c1-7(2)6-15-9-4-3-8(11)5-10(9)16(12,13)14/h3-5H,1,6H2,2H3. The highest BCUT2D eigenvalue weighted by atomic mass is 79.9. The van der Waals surface area contributed by atoms with E-state index in [1.165, 1.54) is 6.07 Å². The second kappa shape index (κ2) is 5.21. The van der Waals surface area contributed by atoms with Crippen LogP contribution in [0.25, 0.3) is 0 Å². The van der Waals surface area contributed by atoms with Crippen molar-refractivity contribution in [2.45, 2.75) is 11.8 Å². The summed E-state index contributed by atoms with van der Waals surface area (Å²) < 4.78 is 28.5. The highest BCUT2D eigenvalue weighted by Crippen LogP contribution is 2.30. The first kappa shape index (κ1) is 13.5. The van der Waals surface area contributed by atoms with Gasteiger partial charge >= 0.3 is 0 Å². The maximum Gasteiger partial charge on any atom is 0.265 e. The predicted molar refractivity (Wildman–Crippen MR) is 67.5 cm³/mol. The Morgan fingerprint density at radius 2 is 2.19 bits per heavy atom. The molecule has 0 atom stereocenters. The monoisotopic (exact) mass is 324 g/mol. The second-order valence-corrected chi connectivity index (χ2v) is 6.72. The maximum absolute atomic E-state index is 11.3. The first-order chi connectivity index (χ1) is 7.30. The van der Waals surface area contributed by atoms with Gasteiger partial charge in [0.2, 0.25) is 0 Å². The van der Waals surface area contributed by atoms with Crippen LogP contribution in [0.3, 0.4) is 0 Å². The van der Waals surface area contributed by atoms with E-state index in [0.717, 1.165) is 5.57 Å². The molecule has 0 aliphatic carbocycles. The summed E-state index contributed by atoms with van der Waals surface area (Å²) in [7, 11) is 1.48. The van der Waals surface area contributed by atoms with Crippen LogP contribution in [0.15, 0.2) is 39.7 Å². The zero-order valence-electron chi connectivity index (χ0n) is 8.54. The Hall–Kier alpha value is -0.520. The van der Waals surface area contributed by atoms with Crippen LogP contribution in [-0.4, -0.2) is 15.0 Å². The third-order valence-electron chi connectivity index (χ3n) is 1.64. The summed E-state index contributed by atoms with van der Waals surface area (Å²) in [6.07, 6.45) is 0. The Bertz CT molecular complexity index is 511. The zero-order chi connectivity index (χ0) is 12.3. The molecular weight excluding hydrogens is 316 g/mol. The van der Waals surface area contributed by atoms with Crippen molar-refractivity contribution in [3.8, 4) is 5.75 Å². The highest BCUT2D eigenvalue weighted by Gasteiger charge is 2.17. The van der Waals surface area contributed by atoms with Crippen molar-refractivity contribution < 1.29 is 13.2 Å². The first-order valence-corrected chi connectivity index (χ1v) is 7.42. The predicted octanol–water partition coefficient (Wildman–Crippen LogP) is 3.33. The third kappa shape index (κ3) is 3.81. The maximum atomic E-state index is 11.3. The van der Waals surface area contributed by atoms with Gasteiger partial charge < -0.3 is 4.74 Å². The van der Waals surface area contributed by atoms with Crippen molar-refractivity contribution in [1.82, 2.24) is 0 Å². The first-order valence-electron chi connectivity index (χ1n) is 4.32. The smallest absolute Gasteiger partial charge is 0.265 e. The summed E-state index contributed by atoms with van der Waals surface area (Å²) in [5.41, 5.74) is 0.792. The molecule has 1 aromatic rings. The average Bonchev–Trinajstić information content (AvgIpc) is 2.14. The van der Waals surface area contributed by atoms with Crippen LogP contribution < -0.4 is 4.74 Å². The molecule has 0 unspecified atom stereocenters. The number of hydrogen-bond acceptors (Lipinski definition) is 3. The van der Waals surface area contributed by atoms with Crippen LogP contribution in [0.5, 0.6) is 5.75 Å². The van der Waals surface area contributed by atoms with Gasteiger partial charge in [-0.1, -0.05) is 22.5 Å². The number of ether oxygens (including phenoxy) is 1. The van der Waals surface area contributed by atoms with Gasteiger partial charge in [0, 0.05) is 15.2 Å². The summed E-state index contributed by atoms with van der Waals surface area (Å²) in [4.78, 5) is -0.0511. The second-order valence-electron chi connectivity index (χ2n) is 3.27. The minimum atomic E-state index is -3.82. The summed E-state index contributed by atoms with van der Waals surface area (Å²) in [6, 6.07) is 4.62. The minimum absolute atomic E-state index is 0.0511. The normalized spacial score (nSPS) is 11.2. The molecule has 0 radical (unpaired) electrons. The van der Waals surface area contributed by atoms with Crippen molar-refractivity contribution in [3.63, 3.8) is 0 Å². The van der Waals surface area contributed by atoms with E-state index < -0.39 is 9.05 Å². The molecule has 16 heavy (non-hydrogen) atoms. The molecule has 0 aliphatic rings. The SMILES string of the molecule is C=C(C)COc1ccc(Br)cc1S(=O)(=O)Cl. The third-order valence-corrected chi connectivity index (χ3v) is 3.48. The van der Waals surface area contributed by atoms with Crippen LogP contribution in [0.1, 0.15) is 6.92 Å². The number of halogens is 2. The number of hydrogen-bond donors (Lipinski definition) is 0. The average molecular weight is 326 g/mol. The van der Waals surface area contributed by atoms with E-state index in [2.05, 4.69) is 22.5 Å². The molecule has 0 aliphatic heterocycles. The van der Waals surface area contributed by atoms with Gasteiger partial charge in [0.1, 0.15) is 17.3 Å². The van der Waals surface area contributed by atoms with Crippen LogP contribution in [0, 0.1) is 0 Å². The Morgan fingerprint density at radius 1 is 1.56 bits per heavy atom. The molecule has 0 saturated heterocycles. The van der Waals surface area contributed by atoms with E-state index in [1.54, 1.807) is 19.1 Å². The molecule has 88 valence electrons. The van der Waals surface area contributed by atoms with Crippen LogP contribution in [0.2, 0.25) is 0 Å². The van der Waals surface area contributed by atoms with E-state index in [9.17, 15) is 8.42 Å². The lowest BCUT2D eigenvalue weighted by molar-refractivity contribution is 0.343. The summed E-state index contributed by atoms with van der Waals surface area (Å²) in [5, 5.41) is 0. The van der Waals surface area contributed by atoms with Crippen molar-refractivity contribution in [3.05, 3.63) is 34.8 Å². The van der Waals surface area contributed by atoms with Crippen LogP contribution in [0.4, 0.5) is 0 Å². The largest absolute Gasteiger partial charge is 0.488 e. The molecule has 0 amide bonds. The number of rotatable bonds is 4. The quantitative estimate of drug-likeness (QED) is 0.630. The Labute approximate surface area is 108 Å². The summed E-state index contributed by atoms with van der Waals surface area (Å²) in [6.45, 7) is 5.70. The molecule has 0 saturated carbocycles. The van der Waals surface area contributed by atoms with E-state index >= 15 is 0 Å². The lowest BCUT2D eigenvalue weighted by Gasteiger charge is -2.09. The molecule has 1 aromatic carbocycles. The molecule has 0 aromatic heterocycles. The summed E-state index contributed by atoms with van der Waals surface area (Å²) in [5.74, 6) is 0.223. The van der Waals surface area contributed by atoms with E-state index in [4.69, 9.17) is 15.4 Å². The molecule has 0 bridgehead atoms. The molecule has 6 heteroatoms. The lowest BCUT2D eigenvalue weighted by Crippen LogP contribution is -2.02. The fourth-order valence-corrected chi connectivity index (χ4v) is 2.50. The van der Waals surface area contributed by atoms with Gasteiger partial charge in [-0.2, -0.15) is 0 Å². The molecule has 0 N–H and O–H groups in total. The van der Waals surface area contributed by atoms with Gasteiger partial charge in [0.05, 0.1) is 0 Å².